The van der Waals surface area contributed by atoms with Crippen LogP contribution in [-0.2, 0) is 41.8 Å². The number of benzene rings is 1. The van der Waals surface area contributed by atoms with Crippen molar-refractivity contribution in [3.8, 4) is 0 Å². The van der Waals surface area contributed by atoms with E-state index in [2.05, 4.69) is 55.3 Å². The topological polar surface area (TPSA) is 118 Å². The first-order valence-electron chi connectivity index (χ1n) is 11.0. The van der Waals surface area contributed by atoms with Crippen LogP contribution in [0.3, 0.4) is 0 Å². The van der Waals surface area contributed by atoms with Gasteiger partial charge in [0, 0.05) is 25.2 Å². The van der Waals surface area contributed by atoms with Crippen molar-refractivity contribution in [3.63, 3.8) is 0 Å². The number of ketones is 1. The summed E-state index contributed by atoms with van der Waals surface area (Å²) in [7, 11) is 0. The molecule has 0 radical (unpaired) electrons. The highest BCUT2D eigenvalue weighted by molar-refractivity contribution is 5.85. The summed E-state index contributed by atoms with van der Waals surface area (Å²) in [5, 5.41) is 17.2. The molecule has 2 atom stereocenters. The van der Waals surface area contributed by atoms with Crippen LogP contribution in [0.2, 0.25) is 0 Å². The van der Waals surface area contributed by atoms with Gasteiger partial charge in [-0.1, -0.05) is 24.3 Å². The second kappa shape index (κ2) is 9.13. The summed E-state index contributed by atoms with van der Waals surface area (Å²) in [5.41, 5.74) is 5.56. The highest BCUT2D eigenvalue weighted by atomic mass is 16.5. The lowest BCUT2D eigenvalue weighted by Crippen LogP contribution is -2.44. The molecule has 9 heteroatoms. The van der Waals surface area contributed by atoms with Crippen LogP contribution < -0.4 is 10.6 Å². The number of anilines is 1. The van der Waals surface area contributed by atoms with Gasteiger partial charge < -0.3 is 15.4 Å². The van der Waals surface area contributed by atoms with Crippen molar-refractivity contribution >= 4 is 11.7 Å². The molecule has 0 amide bonds. The van der Waals surface area contributed by atoms with Gasteiger partial charge in [0.2, 0.25) is 5.95 Å². The molecular weight excluding hydrogens is 406 g/mol. The highest BCUT2D eigenvalue weighted by Crippen LogP contribution is 2.24. The van der Waals surface area contributed by atoms with Crippen LogP contribution >= 0.6 is 0 Å². The number of aromatic nitrogens is 5. The van der Waals surface area contributed by atoms with Crippen molar-refractivity contribution in [2.45, 2.75) is 57.3 Å². The lowest BCUT2D eigenvalue weighted by atomic mass is 9.98. The van der Waals surface area contributed by atoms with Crippen LogP contribution in [0.25, 0.3) is 0 Å². The molecular formula is C23H27N7O2. The van der Waals surface area contributed by atoms with Gasteiger partial charge in [-0.3, -0.25) is 4.79 Å². The molecule has 1 aliphatic carbocycles. The summed E-state index contributed by atoms with van der Waals surface area (Å²) >= 11 is 0. The van der Waals surface area contributed by atoms with Gasteiger partial charge >= 0.3 is 0 Å². The normalized spacial score (nSPS) is 18.7. The second-order valence-corrected chi connectivity index (χ2v) is 8.57. The fourth-order valence-corrected chi connectivity index (χ4v) is 4.42. The number of carbonyl (C=O) groups is 1. The van der Waals surface area contributed by atoms with E-state index in [0.29, 0.717) is 31.4 Å². The molecule has 1 aliphatic heterocycles. The number of rotatable bonds is 8. The molecule has 2 aliphatic rings. The Morgan fingerprint density at radius 1 is 1.19 bits per heavy atom. The molecule has 166 valence electrons. The molecule has 0 unspecified atom stereocenters. The molecule has 0 spiro atoms. The Kier molecular flexibility index (Phi) is 5.91. The van der Waals surface area contributed by atoms with E-state index in [9.17, 15) is 4.79 Å². The van der Waals surface area contributed by atoms with Crippen molar-refractivity contribution in [2.75, 3.05) is 11.9 Å². The minimum atomic E-state index is -0.284. The maximum absolute atomic E-state index is 12.6. The zero-order valence-electron chi connectivity index (χ0n) is 18.0. The first-order chi connectivity index (χ1) is 15.6. The van der Waals surface area contributed by atoms with E-state index in [-0.39, 0.29) is 24.5 Å². The average Bonchev–Trinajstić information content (AvgIpc) is 3.46. The number of fused-ring (bicyclic) bond motifs is 2. The number of nitrogens with one attached hydrogen (secondary N) is 3. The summed E-state index contributed by atoms with van der Waals surface area (Å²) in [5.74, 6) is 0.687. The van der Waals surface area contributed by atoms with Crippen LogP contribution in [0.1, 0.15) is 35.0 Å². The van der Waals surface area contributed by atoms with Gasteiger partial charge in [-0.05, 0) is 42.9 Å². The van der Waals surface area contributed by atoms with Gasteiger partial charge in [0.15, 0.2) is 5.78 Å². The lowest BCUT2D eigenvalue weighted by molar-refractivity contribution is -0.127. The first-order valence-corrected chi connectivity index (χ1v) is 11.0. The number of hydrogen-bond acceptors (Lipinski definition) is 8. The van der Waals surface area contributed by atoms with Gasteiger partial charge in [-0.15, -0.1) is 0 Å². The SMILES string of the molecule is C[C@@H](Cc1cn[nH]n1)OCC(=O)[C@@H]1Cc2cnc(NC3Cc4ccccc4C3)nc2CN1. The minimum absolute atomic E-state index is 0.0357. The van der Waals surface area contributed by atoms with E-state index in [1.54, 1.807) is 6.20 Å². The maximum Gasteiger partial charge on any atom is 0.223 e. The third kappa shape index (κ3) is 4.68. The van der Waals surface area contributed by atoms with Crippen molar-refractivity contribution in [1.82, 2.24) is 30.7 Å². The lowest BCUT2D eigenvalue weighted by Gasteiger charge is -2.25. The minimum Gasteiger partial charge on any atom is -0.370 e. The smallest absolute Gasteiger partial charge is 0.223 e. The Bertz CT molecular complexity index is 1060. The molecule has 5 rings (SSSR count). The van der Waals surface area contributed by atoms with Crippen molar-refractivity contribution in [2.24, 2.45) is 0 Å². The molecule has 32 heavy (non-hydrogen) atoms. The van der Waals surface area contributed by atoms with Gasteiger partial charge in [0.25, 0.3) is 0 Å². The van der Waals surface area contributed by atoms with Gasteiger partial charge in [-0.2, -0.15) is 15.4 Å². The number of aromatic amines is 1. The zero-order chi connectivity index (χ0) is 21.9. The molecule has 0 saturated heterocycles. The Hall–Kier alpha value is -3.17. The van der Waals surface area contributed by atoms with Gasteiger partial charge in [-0.25, -0.2) is 9.97 Å². The van der Waals surface area contributed by atoms with Gasteiger partial charge in [0.05, 0.1) is 29.7 Å². The average molecular weight is 434 g/mol. The summed E-state index contributed by atoms with van der Waals surface area (Å²) in [6.07, 6.45) is 6.56. The number of hydrogen-bond donors (Lipinski definition) is 3. The van der Waals surface area contributed by atoms with E-state index < -0.39 is 0 Å². The quantitative estimate of drug-likeness (QED) is 0.488. The van der Waals surface area contributed by atoms with E-state index in [1.807, 2.05) is 13.1 Å². The number of carbonyl (C=O) groups excluding carboxylic acids is 1. The summed E-state index contributed by atoms with van der Waals surface area (Å²) < 4.78 is 5.73. The number of nitrogens with zero attached hydrogens (tertiary/aromatic N) is 4. The van der Waals surface area contributed by atoms with E-state index in [0.717, 1.165) is 29.8 Å². The van der Waals surface area contributed by atoms with Crippen LogP contribution in [0.5, 0.6) is 0 Å². The fraction of sp³-hybridized carbons (Fsp3) is 0.435. The van der Waals surface area contributed by atoms with Gasteiger partial charge in [0.1, 0.15) is 6.61 Å². The Balaban J connectivity index is 1.13. The molecule has 3 heterocycles. The monoisotopic (exact) mass is 433 g/mol. The Labute approximate surface area is 186 Å². The van der Waals surface area contributed by atoms with Crippen molar-refractivity contribution in [3.05, 3.63) is 64.7 Å². The van der Waals surface area contributed by atoms with E-state index in [4.69, 9.17) is 9.72 Å². The fourth-order valence-electron chi connectivity index (χ4n) is 4.42. The van der Waals surface area contributed by atoms with Crippen molar-refractivity contribution < 1.29 is 9.53 Å². The molecule has 3 N–H and O–H groups in total. The van der Waals surface area contributed by atoms with E-state index >= 15 is 0 Å². The predicted octanol–water partition coefficient (Wildman–Crippen LogP) is 1.41. The molecule has 0 bridgehead atoms. The van der Waals surface area contributed by atoms with Crippen LogP contribution in [0.4, 0.5) is 5.95 Å². The molecule has 0 fully saturated rings. The van der Waals surface area contributed by atoms with Crippen LogP contribution in [0.15, 0.2) is 36.7 Å². The Morgan fingerprint density at radius 3 is 2.75 bits per heavy atom. The number of Topliss-reactive ketones (excluding diaryl/α,β-unsaturated/α-hetero) is 1. The predicted molar refractivity (Wildman–Crippen MR) is 118 cm³/mol. The summed E-state index contributed by atoms with van der Waals surface area (Å²) in [6, 6.07) is 8.57. The third-order valence-electron chi connectivity index (χ3n) is 6.14. The highest BCUT2D eigenvalue weighted by Gasteiger charge is 2.27. The molecule has 2 aromatic heterocycles. The van der Waals surface area contributed by atoms with Crippen molar-refractivity contribution in [1.29, 1.82) is 0 Å². The number of H-pyrrole nitrogens is 1. The zero-order valence-corrected chi connectivity index (χ0v) is 18.0. The molecule has 1 aromatic carbocycles. The molecule has 9 nitrogen and oxygen atoms in total. The molecule has 3 aromatic rings. The largest absolute Gasteiger partial charge is 0.370 e. The standard InChI is InChI=1S/C23H27N7O2/c1-14(6-19-11-26-30-29-19)32-13-22(31)20-9-17-10-25-23(28-21(17)12-24-20)27-18-7-15-4-2-3-5-16(15)8-18/h2-5,10-11,14,18,20,24H,6-9,12-13H2,1H3,(H,25,27,28)(H,26,29,30)/t14-,20-/m0/s1. The van der Waals surface area contributed by atoms with Crippen LogP contribution in [-0.4, -0.2) is 56.0 Å². The second-order valence-electron chi connectivity index (χ2n) is 8.57. The maximum atomic E-state index is 12.6. The number of ether oxygens (including phenoxy) is 1. The Morgan fingerprint density at radius 2 is 2.00 bits per heavy atom. The third-order valence-corrected chi connectivity index (χ3v) is 6.14. The van der Waals surface area contributed by atoms with E-state index in [1.165, 1.54) is 11.1 Å². The molecule has 0 saturated carbocycles. The first kappa shape index (κ1) is 20.7. The van der Waals surface area contributed by atoms with Crippen LogP contribution in [0, 0.1) is 0 Å². The summed E-state index contributed by atoms with van der Waals surface area (Å²) in [6.45, 7) is 2.54. The summed E-state index contributed by atoms with van der Waals surface area (Å²) in [4.78, 5) is 21.9.